The third-order valence-electron chi connectivity index (χ3n) is 6.53. The number of anilines is 2. The molecule has 0 bridgehead atoms. The molecule has 0 saturated carbocycles. The first-order valence-electron chi connectivity index (χ1n) is 12.2. The Morgan fingerprint density at radius 3 is 2.62 bits per heavy atom. The molecule has 4 heterocycles. The first kappa shape index (κ1) is 23.3. The van der Waals surface area contributed by atoms with Gasteiger partial charge in [-0.3, -0.25) is 0 Å². The standard InChI is InChI=1S/C26H26F2N8O/c1-16-2-4-17(5-3-16)8-9-36-15-30-23-24(33-26(34-25(23)36)35-10-12-37-13-11-35)29-14-20-31-19-7-6-18(27)21(28)22(19)32-20/h2-7,15H,8-14H2,1H3,(H,31,32)(H,29,33,34). The summed E-state index contributed by atoms with van der Waals surface area (Å²) in [5.41, 5.74) is 4.23. The third-order valence-corrected chi connectivity index (χ3v) is 6.53. The van der Waals surface area contributed by atoms with Crippen LogP contribution in [-0.4, -0.2) is 55.8 Å². The lowest BCUT2D eigenvalue weighted by Gasteiger charge is -2.27. The molecule has 1 saturated heterocycles. The molecule has 0 spiro atoms. The van der Waals surface area contributed by atoms with Gasteiger partial charge in [0.2, 0.25) is 5.95 Å². The molecule has 0 unspecified atom stereocenters. The molecule has 3 aromatic heterocycles. The normalized spacial score (nSPS) is 14.1. The van der Waals surface area contributed by atoms with Crippen LogP contribution in [0.2, 0.25) is 0 Å². The van der Waals surface area contributed by atoms with Gasteiger partial charge < -0.3 is 24.5 Å². The first-order chi connectivity index (χ1) is 18.0. The fourth-order valence-corrected chi connectivity index (χ4v) is 4.45. The van der Waals surface area contributed by atoms with Crippen molar-refractivity contribution < 1.29 is 13.5 Å². The molecule has 6 rings (SSSR count). The zero-order chi connectivity index (χ0) is 25.4. The van der Waals surface area contributed by atoms with E-state index in [9.17, 15) is 8.78 Å². The SMILES string of the molecule is Cc1ccc(CCn2cnc3c(NCc4nc5c(F)c(F)ccc5[nH]4)nc(N4CCOCC4)nc32)cc1. The van der Waals surface area contributed by atoms with Crippen LogP contribution in [0.5, 0.6) is 0 Å². The Kier molecular flexibility index (Phi) is 6.13. The van der Waals surface area contributed by atoms with Crippen molar-refractivity contribution in [1.29, 1.82) is 0 Å². The predicted molar refractivity (Wildman–Crippen MR) is 137 cm³/mol. The number of rotatable bonds is 7. The van der Waals surface area contributed by atoms with E-state index in [1.807, 2.05) is 4.57 Å². The predicted octanol–water partition coefficient (Wildman–Crippen LogP) is 3.98. The van der Waals surface area contributed by atoms with Gasteiger partial charge in [0.25, 0.3) is 0 Å². The minimum atomic E-state index is -0.966. The highest BCUT2D eigenvalue weighted by Crippen LogP contribution is 2.25. The van der Waals surface area contributed by atoms with E-state index in [2.05, 4.69) is 56.4 Å². The quantitative estimate of drug-likeness (QED) is 0.346. The van der Waals surface area contributed by atoms with Gasteiger partial charge >= 0.3 is 0 Å². The van der Waals surface area contributed by atoms with E-state index in [-0.39, 0.29) is 12.1 Å². The number of aryl methyl sites for hydroxylation is 3. The minimum absolute atomic E-state index is 0.0287. The molecule has 0 radical (unpaired) electrons. The number of halogens is 2. The lowest BCUT2D eigenvalue weighted by atomic mass is 10.1. The van der Waals surface area contributed by atoms with Gasteiger partial charge in [-0.05, 0) is 31.0 Å². The van der Waals surface area contributed by atoms with Crippen molar-refractivity contribution in [1.82, 2.24) is 29.5 Å². The molecule has 1 aliphatic heterocycles. The smallest absolute Gasteiger partial charge is 0.229 e. The summed E-state index contributed by atoms with van der Waals surface area (Å²) in [6.07, 6.45) is 2.62. The van der Waals surface area contributed by atoms with Crippen molar-refractivity contribution in [2.75, 3.05) is 36.5 Å². The van der Waals surface area contributed by atoms with Gasteiger partial charge in [0, 0.05) is 19.6 Å². The lowest BCUT2D eigenvalue weighted by molar-refractivity contribution is 0.122. The van der Waals surface area contributed by atoms with Crippen LogP contribution in [0, 0.1) is 18.6 Å². The summed E-state index contributed by atoms with van der Waals surface area (Å²) in [5, 5.41) is 3.28. The number of fused-ring (bicyclic) bond motifs is 2. The zero-order valence-electron chi connectivity index (χ0n) is 20.3. The second-order valence-corrected chi connectivity index (χ2v) is 9.11. The Morgan fingerprint density at radius 2 is 1.81 bits per heavy atom. The summed E-state index contributed by atoms with van der Waals surface area (Å²) in [4.78, 5) is 23.6. The number of hydrogen-bond acceptors (Lipinski definition) is 7. The second-order valence-electron chi connectivity index (χ2n) is 9.11. The van der Waals surface area contributed by atoms with Crippen LogP contribution in [0.15, 0.2) is 42.7 Å². The van der Waals surface area contributed by atoms with Crippen LogP contribution < -0.4 is 10.2 Å². The second kappa shape index (κ2) is 9.74. The molecule has 11 heteroatoms. The van der Waals surface area contributed by atoms with Gasteiger partial charge in [0.1, 0.15) is 11.3 Å². The fraction of sp³-hybridized carbons (Fsp3) is 0.308. The molecule has 0 amide bonds. The number of morpholine rings is 1. The number of nitrogens with zero attached hydrogens (tertiary/aromatic N) is 6. The third kappa shape index (κ3) is 4.69. The Bertz CT molecular complexity index is 1560. The summed E-state index contributed by atoms with van der Waals surface area (Å²) < 4.78 is 35.3. The van der Waals surface area contributed by atoms with Crippen LogP contribution in [0.25, 0.3) is 22.2 Å². The summed E-state index contributed by atoms with van der Waals surface area (Å²) >= 11 is 0. The summed E-state index contributed by atoms with van der Waals surface area (Å²) in [7, 11) is 0. The monoisotopic (exact) mass is 504 g/mol. The van der Waals surface area contributed by atoms with E-state index in [1.165, 1.54) is 17.2 Å². The molecule has 37 heavy (non-hydrogen) atoms. The fourth-order valence-electron chi connectivity index (χ4n) is 4.45. The average molecular weight is 505 g/mol. The minimum Gasteiger partial charge on any atom is -0.378 e. The summed E-state index contributed by atoms with van der Waals surface area (Å²) in [6, 6.07) is 11.0. The maximum absolute atomic E-state index is 14.1. The molecule has 2 aromatic carbocycles. The van der Waals surface area contributed by atoms with Gasteiger partial charge in [-0.25, -0.2) is 18.7 Å². The van der Waals surface area contributed by atoms with E-state index in [0.717, 1.165) is 18.1 Å². The molecular formula is C26H26F2N8O. The molecule has 2 N–H and O–H groups in total. The van der Waals surface area contributed by atoms with E-state index in [4.69, 9.17) is 14.7 Å². The van der Waals surface area contributed by atoms with E-state index in [1.54, 1.807) is 6.33 Å². The number of H-pyrrole nitrogens is 1. The largest absolute Gasteiger partial charge is 0.378 e. The van der Waals surface area contributed by atoms with E-state index >= 15 is 0 Å². The maximum Gasteiger partial charge on any atom is 0.229 e. The van der Waals surface area contributed by atoms with E-state index in [0.29, 0.717) is 61.5 Å². The van der Waals surface area contributed by atoms with Gasteiger partial charge in [-0.2, -0.15) is 9.97 Å². The topological polar surface area (TPSA) is 96.8 Å². The molecule has 1 aliphatic rings. The first-order valence-corrected chi connectivity index (χ1v) is 12.2. The molecule has 1 fully saturated rings. The molecule has 9 nitrogen and oxygen atoms in total. The van der Waals surface area contributed by atoms with Gasteiger partial charge in [0.05, 0.1) is 31.6 Å². The van der Waals surface area contributed by atoms with Gasteiger partial charge in [-0.1, -0.05) is 29.8 Å². The molecular weight excluding hydrogens is 478 g/mol. The summed E-state index contributed by atoms with van der Waals surface area (Å²) in [6.45, 7) is 5.61. The maximum atomic E-state index is 14.1. The number of nitrogens with one attached hydrogen (secondary N) is 2. The molecule has 0 atom stereocenters. The van der Waals surface area contributed by atoms with Crippen LogP contribution in [0.3, 0.4) is 0 Å². The Hall–Kier alpha value is -4.12. The highest BCUT2D eigenvalue weighted by atomic mass is 19.2. The summed E-state index contributed by atoms with van der Waals surface area (Å²) in [5.74, 6) is -0.299. The Morgan fingerprint density at radius 1 is 1.00 bits per heavy atom. The van der Waals surface area contributed by atoms with Crippen LogP contribution >= 0.6 is 0 Å². The van der Waals surface area contributed by atoms with E-state index < -0.39 is 11.6 Å². The lowest BCUT2D eigenvalue weighted by Crippen LogP contribution is -2.37. The van der Waals surface area contributed by atoms with Gasteiger partial charge in [0.15, 0.2) is 28.6 Å². The van der Waals surface area contributed by atoms with Crippen molar-refractivity contribution in [2.45, 2.75) is 26.4 Å². The number of ether oxygens (including phenoxy) is 1. The number of aromatic nitrogens is 6. The van der Waals surface area contributed by atoms with Crippen molar-refractivity contribution in [2.24, 2.45) is 0 Å². The van der Waals surface area contributed by atoms with Crippen LogP contribution in [0.4, 0.5) is 20.5 Å². The van der Waals surface area contributed by atoms with Crippen molar-refractivity contribution >= 4 is 34.0 Å². The number of aromatic amines is 1. The highest BCUT2D eigenvalue weighted by molar-refractivity contribution is 5.84. The van der Waals surface area contributed by atoms with Crippen LogP contribution in [0.1, 0.15) is 17.0 Å². The Balaban J connectivity index is 1.30. The van der Waals surface area contributed by atoms with Crippen molar-refractivity contribution in [3.63, 3.8) is 0 Å². The molecule has 5 aromatic rings. The average Bonchev–Trinajstić information content (AvgIpc) is 3.54. The molecule has 0 aliphatic carbocycles. The van der Waals surface area contributed by atoms with Crippen molar-refractivity contribution in [3.05, 3.63) is 71.3 Å². The number of benzene rings is 2. The number of hydrogen-bond donors (Lipinski definition) is 2. The number of imidazole rings is 2. The molecule has 190 valence electrons. The highest BCUT2D eigenvalue weighted by Gasteiger charge is 2.20. The van der Waals surface area contributed by atoms with Crippen LogP contribution in [-0.2, 0) is 24.2 Å². The van der Waals surface area contributed by atoms with Crippen molar-refractivity contribution in [3.8, 4) is 0 Å². The van der Waals surface area contributed by atoms with Gasteiger partial charge in [-0.15, -0.1) is 0 Å². The Labute approximate surface area is 211 Å². The zero-order valence-corrected chi connectivity index (χ0v) is 20.3.